The van der Waals surface area contributed by atoms with E-state index in [9.17, 15) is 9.59 Å². The number of methoxy groups -OCH3 is 1. The molecule has 1 aromatic heterocycles. The molecule has 1 aliphatic carbocycles. The van der Waals surface area contributed by atoms with E-state index < -0.39 is 5.97 Å². The minimum Gasteiger partial charge on any atom is -0.477 e. The second-order valence-corrected chi connectivity index (χ2v) is 6.12. The van der Waals surface area contributed by atoms with Crippen molar-refractivity contribution >= 4 is 11.9 Å². The molecule has 0 aromatic carbocycles. The molecule has 0 spiro atoms. The third-order valence-corrected chi connectivity index (χ3v) is 4.82. The SMILES string of the molecule is COC1(C)CC(NC(=O)c2ccnc(C(=O)O)c2)C1(C)C. The molecule has 6 heteroatoms. The molecule has 0 radical (unpaired) electrons. The maximum atomic E-state index is 12.2. The number of carboxylic acid groups (broad SMARTS) is 1. The summed E-state index contributed by atoms with van der Waals surface area (Å²) in [4.78, 5) is 26.8. The lowest BCUT2D eigenvalue weighted by Gasteiger charge is -2.59. The van der Waals surface area contributed by atoms with E-state index in [1.54, 1.807) is 7.11 Å². The van der Waals surface area contributed by atoms with Gasteiger partial charge in [0.15, 0.2) is 0 Å². The number of ether oxygens (including phenoxy) is 1. The third kappa shape index (κ3) is 2.51. The average molecular weight is 292 g/mol. The molecule has 21 heavy (non-hydrogen) atoms. The monoisotopic (exact) mass is 292 g/mol. The van der Waals surface area contributed by atoms with Gasteiger partial charge in [0.05, 0.1) is 5.60 Å². The molecule has 0 aliphatic heterocycles. The highest BCUT2D eigenvalue weighted by Gasteiger charge is 2.58. The van der Waals surface area contributed by atoms with Crippen molar-refractivity contribution in [2.75, 3.05) is 7.11 Å². The van der Waals surface area contributed by atoms with Crippen LogP contribution in [-0.4, -0.2) is 40.7 Å². The van der Waals surface area contributed by atoms with Crippen LogP contribution in [0.5, 0.6) is 0 Å². The standard InChI is InChI=1S/C15H20N2O4/c1-14(2)11(8-15(14,3)21-4)17-12(18)9-5-6-16-10(7-9)13(19)20/h5-7,11H,8H2,1-4H3,(H,17,18)(H,19,20). The molecule has 2 rings (SSSR count). The first kappa shape index (κ1) is 15.4. The Morgan fingerprint density at radius 2 is 2.10 bits per heavy atom. The smallest absolute Gasteiger partial charge is 0.354 e. The molecule has 1 fully saturated rings. The molecule has 1 aliphatic rings. The molecule has 1 saturated carbocycles. The summed E-state index contributed by atoms with van der Waals surface area (Å²) in [6, 6.07) is 2.76. The minimum absolute atomic E-state index is 0.0172. The van der Waals surface area contributed by atoms with Gasteiger partial charge in [0.2, 0.25) is 0 Å². The van der Waals surface area contributed by atoms with Crippen molar-refractivity contribution in [3.05, 3.63) is 29.6 Å². The molecule has 0 saturated heterocycles. The highest BCUT2D eigenvalue weighted by molar-refractivity contribution is 5.96. The average Bonchev–Trinajstić information content (AvgIpc) is 2.46. The van der Waals surface area contributed by atoms with Crippen LogP contribution in [0.15, 0.2) is 18.3 Å². The number of aromatic carboxylic acids is 1. The predicted molar refractivity (Wildman–Crippen MR) is 76.3 cm³/mol. The Morgan fingerprint density at radius 1 is 1.43 bits per heavy atom. The van der Waals surface area contributed by atoms with Crippen molar-refractivity contribution in [1.82, 2.24) is 10.3 Å². The second kappa shape index (κ2) is 5.11. The minimum atomic E-state index is -1.15. The van der Waals surface area contributed by atoms with Crippen molar-refractivity contribution in [3.63, 3.8) is 0 Å². The van der Waals surface area contributed by atoms with Crippen LogP contribution in [0.3, 0.4) is 0 Å². The largest absolute Gasteiger partial charge is 0.477 e. The van der Waals surface area contributed by atoms with Crippen LogP contribution in [0.25, 0.3) is 0 Å². The third-order valence-electron chi connectivity index (χ3n) is 4.82. The number of amides is 1. The van der Waals surface area contributed by atoms with Gasteiger partial charge in [0.25, 0.3) is 5.91 Å². The van der Waals surface area contributed by atoms with Crippen LogP contribution in [-0.2, 0) is 4.74 Å². The molecule has 6 nitrogen and oxygen atoms in total. The van der Waals surface area contributed by atoms with Gasteiger partial charge in [-0.05, 0) is 25.5 Å². The van der Waals surface area contributed by atoms with Crippen molar-refractivity contribution < 1.29 is 19.4 Å². The van der Waals surface area contributed by atoms with Crippen LogP contribution in [0.4, 0.5) is 0 Å². The lowest BCUT2D eigenvalue weighted by molar-refractivity contribution is -0.177. The maximum Gasteiger partial charge on any atom is 0.354 e. The summed E-state index contributed by atoms with van der Waals surface area (Å²) in [5, 5.41) is 11.8. The molecule has 2 N–H and O–H groups in total. The van der Waals surface area contributed by atoms with Crippen LogP contribution < -0.4 is 5.32 Å². The summed E-state index contributed by atoms with van der Waals surface area (Å²) >= 11 is 0. The van der Waals surface area contributed by atoms with Gasteiger partial charge < -0.3 is 15.2 Å². The Labute approximate surface area is 123 Å². The summed E-state index contributed by atoms with van der Waals surface area (Å²) in [7, 11) is 1.67. The van der Waals surface area contributed by atoms with E-state index in [1.165, 1.54) is 18.3 Å². The van der Waals surface area contributed by atoms with E-state index >= 15 is 0 Å². The van der Waals surface area contributed by atoms with Crippen molar-refractivity contribution in [2.45, 2.75) is 38.8 Å². The van der Waals surface area contributed by atoms with Gasteiger partial charge >= 0.3 is 5.97 Å². The number of pyridine rings is 1. The lowest BCUT2D eigenvalue weighted by Crippen LogP contribution is -2.68. The highest BCUT2D eigenvalue weighted by atomic mass is 16.5. The zero-order valence-corrected chi connectivity index (χ0v) is 12.6. The quantitative estimate of drug-likeness (QED) is 0.882. The molecular formula is C15H20N2O4. The molecule has 2 unspecified atom stereocenters. The second-order valence-electron chi connectivity index (χ2n) is 6.12. The van der Waals surface area contributed by atoms with E-state index in [2.05, 4.69) is 10.3 Å². The Kier molecular flexibility index (Phi) is 3.76. The maximum absolute atomic E-state index is 12.2. The Morgan fingerprint density at radius 3 is 2.62 bits per heavy atom. The Hall–Kier alpha value is -1.95. The number of hydrogen-bond acceptors (Lipinski definition) is 4. The fraction of sp³-hybridized carbons (Fsp3) is 0.533. The number of carbonyl (C=O) groups excluding carboxylic acids is 1. The van der Waals surface area contributed by atoms with Gasteiger partial charge in [0, 0.05) is 30.3 Å². The number of carboxylic acids is 1. The summed E-state index contributed by atoms with van der Waals surface area (Å²) < 4.78 is 5.52. The van der Waals surface area contributed by atoms with Crippen LogP contribution in [0.2, 0.25) is 0 Å². The summed E-state index contributed by atoms with van der Waals surface area (Å²) in [6.45, 7) is 6.10. The van der Waals surface area contributed by atoms with E-state index in [4.69, 9.17) is 9.84 Å². The van der Waals surface area contributed by atoms with Gasteiger partial charge in [-0.3, -0.25) is 4.79 Å². The Balaban J connectivity index is 2.10. The summed E-state index contributed by atoms with van der Waals surface area (Å²) in [5.74, 6) is -1.45. The van der Waals surface area contributed by atoms with Gasteiger partial charge in [-0.25, -0.2) is 9.78 Å². The highest BCUT2D eigenvalue weighted by Crippen LogP contribution is 2.51. The topological polar surface area (TPSA) is 88.5 Å². The van der Waals surface area contributed by atoms with Gasteiger partial charge in [-0.1, -0.05) is 13.8 Å². The fourth-order valence-electron chi connectivity index (χ4n) is 2.65. The molecule has 2 atom stereocenters. The number of aromatic nitrogens is 1. The molecular weight excluding hydrogens is 272 g/mol. The number of nitrogens with one attached hydrogen (secondary N) is 1. The summed E-state index contributed by atoms with van der Waals surface area (Å²) in [6.07, 6.45) is 2.04. The first-order valence-electron chi connectivity index (χ1n) is 6.76. The molecule has 114 valence electrons. The van der Waals surface area contributed by atoms with E-state index in [-0.39, 0.29) is 28.7 Å². The van der Waals surface area contributed by atoms with Gasteiger partial charge in [-0.2, -0.15) is 0 Å². The number of hydrogen-bond donors (Lipinski definition) is 2. The van der Waals surface area contributed by atoms with Crippen LogP contribution in [0.1, 0.15) is 48.0 Å². The normalized spacial score (nSPS) is 26.8. The lowest BCUT2D eigenvalue weighted by atomic mass is 9.56. The van der Waals surface area contributed by atoms with Crippen molar-refractivity contribution in [2.24, 2.45) is 5.41 Å². The fourth-order valence-corrected chi connectivity index (χ4v) is 2.65. The molecule has 1 amide bonds. The molecule has 1 aromatic rings. The Bertz CT molecular complexity index is 585. The number of nitrogens with zero attached hydrogens (tertiary/aromatic N) is 1. The van der Waals surface area contributed by atoms with Crippen molar-refractivity contribution in [1.29, 1.82) is 0 Å². The van der Waals surface area contributed by atoms with Crippen LogP contribution in [0, 0.1) is 5.41 Å². The van der Waals surface area contributed by atoms with E-state index in [0.29, 0.717) is 5.56 Å². The first-order chi connectivity index (χ1) is 9.71. The molecule has 0 bridgehead atoms. The van der Waals surface area contributed by atoms with Gasteiger partial charge in [-0.15, -0.1) is 0 Å². The zero-order chi connectivity index (χ0) is 15.8. The first-order valence-corrected chi connectivity index (χ1v) is 6.76. The van der Waals surface area contributed by atoms with Crippen molar-refractivity contribution in [3.8, 4) is 0 Å². The predicted octanol–water partition coefficient (Wildman–Crippen LogP) is 1.71. The summed E-state index contributed by atoms with van der Waals surface area (Å²) in [5.41, 5.74) is -0.309. The molecule has 1 heterocycles. The van der Waals surface area contributed by atoms with Crippen LogP contribution >= 0.6 is 0 Å². The number of carbonyl (C=O) groups is 2. The number of rotatable bonds is 4. The zero-order valence-electron chi connectivity index (χ0n) is 12.6. The van der Waals surface area contributed by atoms with E-state index in [0.717, 1.165) is 6.42 Å². The van der Waals surface area contributed by atoms with Gasteiger partial charge in [0.1, 0.15) is 5.69 Å². The van der Waals surface area contributed by atoms with E-state index in [1.807, 2.05) is 20.8 Å².